The smallest absolute Gasteiger partial charge is 0.248 e. The molecule has 1 saturated heterocycles. The maximum atomic E-state index is 13.3. The Bertz CT molecular complexity index is 912. The molecule has 1 aliphatic heterocycles. The van der Waals surface area contributed by atoms with E-state index < -0.39 is 5.54 Å². The predicted octanol–water partition coefficient (Wildman–Crippen LogP) is 3.09. The van der Waals surface area contributed by atoms with Crippen molar-refractivity contribution in [2.45, 2.75) is 44.7 Å². The number of carbonyl (C=O) groups excluding carboxylic acids is 2. The average molecular weight is 413 g/mol. The van der Waals surface area contributed by atoms with Crippen molar-refractivity contribution in [3.8, 4) is 0 Å². The third kappa shape index (κ3) is 4.96. The van der Waals surface area contributed by atoms with Crippen LogP contribution in [0.5, 0.6) is 0 Å². The quantitative estimate of drug-likeness (QED) is 0.792. The molecule has 1 aliphatic rings. The number of anilines is 1. The number of hydrogen-bond donors (Lipinski definition) is 1. The van der Waals surface area contributed by atoms with Crippen LogP contribution in [0.25, 0.3) is 0 Å². The monoisotopic (exact) mass is 412 g/mol. The molecule has 0 bridgehead atoms. The molecule has 1 aromatic carbocycles. The molecule has 6 nitrogen and oxygen atoms in total. The summed E-state index contributed by atoms with van der Waals surface area (Å²) in [6.45, 7) is 4.11. The predicted molar refractivity (Wildman–Crippen MR) is 115 cm³/mol. The molecule has 0 radical (unpaired) electrons. The zero-order valence-corrected chi connectivity index (χ0v) is 18.0. The number of amides is 2. The van der Waals surface area contributed by atoms with E-state index in [2.05, 4.69) is 10.3 Å². The largest absolute Gasteiger partial charge is 0.363 e. The summed E-state index contributed by atoms with van der Waals surface area (Å²) < 4.78 is 13.1. The molecule has 7 heteroatoms. The van der Waals surface area contributed by atoms with Crippen molar-refractivity contribution in [1.82, 2.24) is 15.2 Å². The molecule has 1 atom stereocenters. The summed E-state index contributed by atoms with van der Waals surface area (Å²) in [6, 6.07) is 9.72. The molecule has 1 aromatic heterocycles. The van der Waals surface area contributed by atoms with Crippen LogP contribution < -0.4 is 10.2 Å². The standard InChI is InChI=1S/C23H29FN4O2/c1-23(2,26-21(29)14-16-7-9-18(24)10-8-16)22(30)28-13-5-6-19(28)17-11-12-25-20(15-17)27(3)4/h7-12,15,19H,5-6,13-14H2,1-4H3,(H,26,29)/t19-/m1/s1. The topological polar surface area (TPSA) is 65.5 Å². The van der Waals surface area contributed by atoms with E-state index in [1.54, 1.807) is 32.2 Å². The van der Waals surface area contributed by atoms with Gasteiger partial charge in [-0.05, 0) is 62.1 Å². The number of carbonyl (C=O) groups is 2. The second-order valence-corrected chi connectivity index (χ2v) is 8.47. The highest BCUT2D eigenvalue weighted by Gasteiger charge is 2.39. The van der Waals surface area contributed by atoms with E-state index in [0.29, 0.717) is 12.1 Å². The van der Waals surface area contributed by atoms with Crippen LogP contribution in [0.4, 0.5) is 10.2 Å². The summed E-state index contributed by atoms with van der Waals surface area (Å²) in [5.41, 5.74) is 0.703. The second-order valence-electron chi connectivity index (χ2n) is 8.47. The molecule has 0 aliphatic carbocycles. The van der Waals surface area contributed by atoms with E-state index in [1.807, 2.05) is 36.0 Å². The maximum Gasteiger partial charge on any atom is 0.248 e. The Labute approximate surface area is 177 Å². The van der Waals surface area contributed by atoms with Gasteiger partial charge in [0.05, 0.1) is 12.5 Å². The third-order valence-corrected chi connectivity index (χ3v) is 5.39. The molecule has 3 rings (SSSR count). The summed E-state index contributed by atoms with van der Waals surface area (Å²) in [5.74, 6) is 0.122. The lowest BCUT2D eigenvalue weighted by Crippen LogP contribution is -2.56. The molecule has 0 spiro atoms. The SMILES string of the molecule is CN(C)c1cc([C@H]2CCCN2C(=O)C(C)(C)NC(=O)Cc2ccc(F)cc2)ccn1. The van der Waals surface area contributed by atoms with Gasteiger partial charge in [-0.15, -0.1) is 0 Å². The van der Waals surface area contributed by atoms with Crippen LogP contribution in [0.15, 0.2) is 42.6 Å². The van der Waals surface area contributed by atoms with Gasteiger partial charge in [-0.1, -0.05) is 12.1 Å². The van der Waals surface area contributed by atoms with Gasteiger partial charge >= 0.3 is 0 Å². The molecule has 0 saturated carbocycles. The summed E-state index contributed by atoms with van der Waals surface area (Å²) in [5, 5.41) is 2.85. The first-order valence-corrected chi connectivity index (χ1v) is 10.2. The highest BCUT2D eigenvalue weighted by Crippen LogP contribution is 2.34. The molecular weight excluding hydrogens is 383 g/mol. The fraction of sp³-hybridized carbons (Fsp3) is 0.435. The zero-order chi connectivity index (χ0) is 21.9. The second kappa shape index (κ2) is 8.81. The summed E-state index contributed by atoms with van der Waals surface area (Å²) in [7, 11) is 3.87. The van der Waals surface area contributed by atoms with E-state index in [4.69, 9.17) is 0 Å². The van der Waals surface area contributed by atoms with Gasteiger partial charge < -0.3 is 15.1 Å². The number of rotatable bonds is 6. The molecule has 1 fully saturated rings. The summed E-state index contributed by atoms with van der Waals surface area (Å²) >= 11 is 0. The van der Waals surface area contributed by atoms with Crippen molar-refractivity contribution in [3.63, 3.8) is 0 Å². The van der Waals surface area contributed by atoms with Crippen molar-refractivity contribution >= 4 is 17.6 Å². The first-order valence-electron chi connectivity index (χ1n) is 10.2. The Balaban J connectivity index is 1.70. The molecule has 30 heavy (non-hydrogen) atoms. The first kappa shape index (κ1) is 21.7. The van der Waals surface area contributed by atoms with Gasteiger partial charge in [0.25, 0.3) is 0 Å². The number of nitrogens with zero attached hydrogens (tertiary/aromatic N) is 3. The van der Waals surface area contributed by atoms with Crippen molar-refractivity contribution < 1.29 is 14.0 Å². The molecule has 2 amide bonds. The van der Waals surface area contributed by atoms with Crippen LogP contribution in [-0.2, 0) is 16.0 Å². The fourth-order valence-electron chi connectivity index (χ4n) is 3.84. The van der Waals surface area contributed by atoms with Crippen molar-refractivity contribution in [2.75, 3.05) is 25.5 Å². The number of likely N-dealkylation sites (tertiary alicyclic amines) is 1. The van der Waals surface area contributed by atoms with Gasteiger partial charge in [-0.3, -0.25) is 9.59 Å². The van der Waals surface area contributed by atoms with Crippen molar-refractivity contribution in [1.29, 1.82) is 0 Å². The first-order chi connectivity index (χ1) is 14.2. The van der Waals surface area contributed by atoms with E-state index >= 15 is 0 Å². The van der Waals surface area contributed by atoms with Crippen LogP contribution in [0.2, 0.25) is 0 Å². The van der Waals surface area contributed by atoms with Crippen LogP contribution in [0.3, 0.4) is 0 Å². The van der Waals surface area contributed by atoms with Gasteiger partial charge in [0.2, 0.25) is 11.8 Å². The minimum Gasteiger partial charge on any atom is -0.363 e. The molecule has 160 valence electrons. The number of halogens is 1. The van der Waals surface area contributed by atoms with E-state index in [0.717, 1.165) is 24.2 Å². The molecule has 2 aromatic rings. The third-order valence-electron chi connectivity index (χ3n) is 5.39. The molecule has 0 unspecified atom stereocenters. The Hall–Kier alpha value is -2.96. The number of pyridine rings is 1. The number of benzene rings is 1. The molecule has 1 N–H and O–H groups in total. The van der Waals surface area contributed by atoms with Crippen LogP contribution in [0, 0.1) is 5.82 Å². The fourth-order valence-corrected chi connectivity index (χ4v) is 3.84. The van der Waals surface area contributed by atoms with Gasteiger partial charge in [-0.2, -0.15) is 0 Å². The van der Waals surface area contributed by atoms with Crippen LogP contribution >= 0.6 is 0 Å². The zero-order valence-electron chi connectivity index (χ0n) is 18.0. The highest BCUT2D eigenvalue weighted by molar-refractivity contribution is 5.91. The Morgan fingerprint density at radius 1 is 1.23 bits per heavy atom. The number of hydrogen-bond acceptors (Lipinski definition) is 4. The Kier molecular flexibility index (Phi) is 6.39. The van der Waals surface area contributed by atoms with E-state index in [-0.39, 0.29) is 30.1 Å². The minimum absolute atomic E-state index is 0.0347. The Morgan fingerprint density at radius 2 is 1.93 bits per heavy atom. The number of nitrogens with one attached hydrogen (secondary N) is 1. The van der Waals surface area contributed by atoms with Gasteiger partial charge in [-0.25, -0.2) is 9.37 Å². The van der Waals surface area contributed by atoms with Gasteiger partial charge in [0, 0.05) is 26.8 Å². The van der Waals surface area contributed by atoms with Crippen molar-refractivity contribution in [2.24, 2.45) is 0 Å². The molecule has 2 heterocycles. The molecular formula is C23H29FN4O2. The lowest BCUT2D eigenvalue weighted by Gasteiger charge is -2.34. The van der Waals surface area contributed by atoms with Gasteiger partial charge in [0.15, 0.2) is 0 Å². The van der Waals surface area contributed by atoms with E-state index in [1.165, 1.54) is 12.1 Å². The lowest BCUT2D eigenvalue weighted by atomic mass is 9.99. The van der Waals surface area contributed by atoms with Crippen LogP contribution in [-0.4, -0.2) is 47.9 Å². The Morgan fingerprint density at radius 3 is 2.60 bits per heavy atom. The normalized spacial score (nSPS) is 16.4. The summed E-state index contributed by atoms with van der Waals surface area (Å²) in [6.07, 6.45) is 3.65. The van der Waals surface area contributed by atoms with Crippen LogP contribution in [0.1, 0.15) is 43.9 Å². The highest BCUT2D eigenvalue weighted by atomic mass is 19.1. The van der Waals surface area contributed by atoms with Gasteiger partial charge in [0.1, 0.15) is 17.2 Å². The lowest BCUT2D eigenvalue weighted by molar-refractivity contribution is -0.141. The average Bonchev–Trinajstić information content (AvgIpc) is 3.18. The maximum absolute atomic E-state index is 13.3. The minimum atomic E-state index is -1.04. The summed E-state index contributed by atoms with van der Waals surface area (Å²) in [4.78, 5) is 34.0. The van der Waals surface area contributed by atoms with E-state index in [9.17, 15) is 14.0 Å². The van der Waals surface area contributed by atoms with Crippen molar-refractivity contribution in [3.05, 3.63) is 59.5 Å². The number of aromatic nitrogens is 1.